The number of carbonyl (C=O) groups excluding carboxylic acids is 1. The maximum atomic E-state index is 11.8. The van der Waals surface area contributed by atoms with Gasteiger partial charge in [-0.2, -0.15) is 0 Å². The molecule has 2 atom stereocenters. The van der Waals surface area contributed by atoms with Crippen molar-refractivity contribution in [2.45, 2.75) is 63.5 Å². The summed E-state index contributed by atoms with van der Waals surface area (Å²) in [4.78, 5) is 22.7. The molecule has 0 fully saturated rings. The Morgan fingerprint density at radius 3 is 2.00 bits per heavy atom. The highest BCUT2D eigenvalue weighted by Crippen LogP contribution is 2.30. The van der Waals surface area contributed by atoms with E-state index in [0.717, 1.165) is 0 Å². The number of halogens is 1. The largest absolute Gasteiger partial charge is 0.481 e. The smallest absolute Gasteiger partial charge is 0.407 e. The normalized spacial score (nSPS) is 15.5. The highest BCUT2D eigenvalue weighted by atomic mass is 127. The quantitative estimate of drug-likeness (QED) is 0.576. The van der Waals surface area contributed by atoms with Crippen LogP contribution in [0.15, 0.2) is 0 Å². The van der Waals surface area contributed by atoms with E-state index in [1.54, 1.807) is 20.8 Å². The maximum Gasteiger partial charge on any atom is 0.407 e. The van der Waals surface area contributed by atoms with Crippen LogP contribution in [0.4, 0.5) is 4.79 Å². The molecule has 0 aromatic heterocycles. The molecule has 112 valence electrons. The van der Waals surface area contributed by atoms with Gasteiger partial charge in [0.1, 0.15) is 5.60 Å². The number of alkyl carbamates (subject to hydrolysis) is 1. The average molecular weight is 385 g/mol. The van der Waals surface area contributed by atoms with Gasteiger partial charge in [-0.25, -0.2) is 4.79 Å². The SMILES string of the molecule is CC(C)(C)OC(=O)N[C@@H](CC(=O)O)C(I)C(C)(C)C. The Bertz CT molecular complexity index is 331. The predicted molar refractivity (Wildman–Crippen MR) is 82.7 cm³/mol. The van der Waals surface area contributed by atoms with Crippen molar-refractivity contribution in [1.82, 2.24) is 5.32 Å². The predicted octanol–water partition coefficient (Wildman–Crippen LogP) is 3.20. The summed E-state index contributed by atoms with van der Waals surface area (Å²) in [6.45, 7) is 11.3. The van der Waals surface area contributed by atoms with Crippen LogP contribution in [0, 0.1) is 5.41 Å². The minimum atomic E-state index is -0.938. The zero-order valence-electron chi connectivity index (χ0n) is 12.4. The minimum absolute atomic E-state index is 0.0197. The second-order valence-electron chi connectivity index (χ2n) is 6.62. The number of hydrogen-bond acceptors (Lipinski definition) is 3. The zero-order chi connectivity index (χ0) is 15.4. The number of carboxylic acid groups (broad SMARTS) is 1. The molecule has 5 nitrogen and oxygen atoms in total. The first-order valence-electron chi connectivity index (χ1n) is 6.18. The molecule has 0 radical (unpaired) electrons. The van der Waals surface area contributed by atoms with E-state index in [1.807, 2.05) is 20.8 Å². The third-order valence-corrected chi connectivity index (χ3v) is 5.01. The average Bonchev–Trinajstić information content (AvgIpc) is 2.09. The number of nitrogens with one attached hydrogen (secondary N) is 1. The standard InChI is InChI=1S/C13H24INO4/c1-12(2,3)10(14)8(7-9(16)17)15-11(18)19-13(4,5)6/h8,10H,7H2,1-6H3,(H,15,18)(H,16,17)/t8-,10?/m0/s1. The third kappa shape index (κ3) is 8.28. The van der Waals surface area contributed by atoms with Crippen molar-refractivity contribution < 1.29 is 19.4 Å². The molecule has 0 aliphatic heterocycles. The van der Waals surface area contributed by atoms with Gasteiger partial charge in [0.25, 0.3) is 0 Å². The van der Waals surface area contributed by atoms with Crippen molar-refractivity contribution in [1.29, 1.82) is 0 Å². The summed E-state index contributed by atoms with van der Waals surface area (Å²) in [6.07, 6.45) is -0.700. The highest BCUT2D eigenvalue weighted by Gasteiger charge is 2.33. The highest BCUT2D eigenvalue weighted by molar-refractivity contribution is 14.1. The second-order valence-corrected chi connectivity index (χ2v) is 7.96. The Hall–Kier alpha value is -0.530. The van der Waals surface area contributed by atoms with E-state index < -0.39 is 23.7 Å². The summed E-state index contributed by atoms with van der Waals surface area (Å²) in [5, 5.41) is 11.6. The Morgan fingerprint density at radius 1 is 1.21 bits per heavy atom. The minimum Gasteiger partial charge on any atom is -0.481 e. The van der Waals surface area contributed by atoms with E-state index in [4.69, 9.17) is 9.84 Å². The number of alkyl halides is 1. The summed E-state index contributed by atoms with van der Waals surface area (Å²) >= 11 is 2.18. The molecular weight excluding hydrogens is 361 g/mol. The van der Waals surface area contributed by atoms with Gasteiger partial charge in [-0.15, -0.1) is 0 Å². The molecule has 6 heteroatoms. The first-order chi connectivity index (χ1) is 8.33. The number of amides is 1. The fourth-order valence-electron chi connectivity index (χ4n) is 1.48. The van der Waals surface area contributed by atoms with Crippen LogP contribution in [0.2, 0.25) is 0 Å². The van der Waals surface area contributed by atoms with Crippen LogP contribution < -0.4 is 5.32 Å². The van der Waals surface area contributed by atoms with Crippen LogP contribution in [-0.2, 0) is 9.53 Å². The molecule has 0 aliphatic carbocycles. The number of ether oxygens (including phenoxy) is 1. The van der Waals surface area contributed by atoms with Gasteiger partial charge in [-0.05, 0) is 26.2 Å². The lowest BCUT2D eigenvalue weighted by atomic mass is 9.87. The van der Waals surface area contributed by atoms with Crippen LogP contribution in [0.5, 0.6) is 0 Å². The number of carbonyl (C=O) groups is 2. The van der Waals surface area contributed by atoms with Crippen molar-refractivity contribution in [3.63, 3.8) is 0 Å². The molecule has 0 heterocycles. The lowest BCUT2D eigenvalue weighted by Crippen LogP contribution is -2.48. The van der Waals surface area contributed by atoms with Gasteiger partial charge in [-0.1, -0.05) is 43.4 Å². The number of aliphatic carboxylic acids is 1. The Morgan fingerprint density at radius 2 is 1.68 bits per heavy atom. The number of carboxylic acids is 1. The van der Waals surface area contributed by atoms with E-state index in [0.29, 0.717) is 0 Å². The molecule has 1 amide bonds. The summed E-state index contributed by atoms with van der Waals surface area (Å²) in [5.74, 6) is -0.938. The topological polar surface area (TPSA) is 75.6 Å². The summed E-state index contributed by atoms with van der Waals surface area (Å²) in [6, 6.07) is -0.465. The Balaban J connectivity index is 4.79. The van der Waals surface area contributed by atoms with E-state index in [9.17, 15) is 9.59 Å². The molecule has 19 heavy (non-hydrogen) atoms. The summed E-state index contributed by atoms with van der Waals surface area (Å²) < 4.78 is 5.15. The fraction of sp³-hybridized carbons (Fsp3) is 0.846. The first-order valence-corrected chi connectivity index (χ1v) is 7.43. The monoisotopic (exact) mass is 385 g/mol. The van der Waals surface area contributed by atoms with Crippen LogP contribution in [0.3, 0.4) is 0 Å². The number of rotatable bonds is 4. The molecule has 0 aromatic carbocycles. The van der Waals surface area contributed by atoms with Crippen LogP contribution in [-0.4, -0.2) is 32.7 Å². The molecule has 0 bridgehead atoms. The Kier molecular flexibility index (Phi) is 6.57. The van der Waals surface area contributed by atoms with Crippen molar-refractivity contribution in [3.05, 3.63) is 0 Å². The van der Waals surface area contributed by atoms with E-state index >= 15 is 0 Å². The molecule has 0 aliphatic rings. The van der Waals surface area contributed by atoms with Crippen molar-refractivity contribution in [3.8, 4) is 0 Å². The van der Waals surface area contributed by atoms with Crippen LogP contribution in [0.1, 0.15) is 48.0 Å². The van der Waals surface area contributed by atoms with Gasteiger partial charge < -0.3 is 15.2 Å². The van der Waals surface area contributed by atoms with E-state index in [-0.39, 0.29) is 15.8 Å². The molecule has 0 aromatic rings. The lowest BCUT2D eigenvalue weighted by Gasteiger charge is -2.33. The van der Waals surface area contributed by atoms with Gasteiger partial charge in [0, 0.05) is 3.92 Å². The molecule has 1 unspecified atom stereocenters. The van der Waals surface area contributed by atoms with Gasteiger partial charge in [-0.3, -0.25) is 4.79 Å². The van der Waals surface area contributed by atoms with Crippen LogP contribution in [0.25, 0.3) is 0 Å². The third-order valence-electron chi connectivity index (χ3n) is 2.28. The van der Waals surface area contributed by atoms with Gasteiger partial charge in [0.05, 0.1) is 12.5 Å². The van der Waals surface area contributed by atoms with Gasteiger partial charge >= 0.3 is 12.1 Å². The maximum absolute atomic E-state index is 11.8. The van der Waals surface area contributed by atoms with Gasteiger partial charge in [0.15, 0.2) is 0 Å². The lowest BCUT2D eigenvalue weighted by molar-refractivity contribution is -0.137. The molecule has 0 saturated carbocycles. The van der Waals surface area contributed by atoms with Crippen molar-refractivity contribution in [2.24, 2.45) is 5.41 Å². The summed E-state index contributed by atoms with van der Waals surface area (Å²) in [7, 11) is 0. The first kappa shape index (κ1) is 18.5. The van der Waals surface area contributed by atoms with Crippen molar-refractivity contribution in [2.75, 3.05) is 0 Å². The molecular formula is C13H24INO4. The van der Waals surface area contributed by atoms with Crippen molar-refractivity contribution >= 4 is 34.7 Å². The molecule has 0 spiro atoms. The second kappa shape index (κ2) is 6.76. The summed E-state index contributed by atoms with van der Waals surface area (Å²) in [5.41, 5.74) is -0.712. The number of hydrogen-bond donors (Lipinski definition) is 2. The molecule has 0 rings (SSSR count). The van der Waals surface area contributed by atoms with Crippen LogP contribution >= 0.6 is 22.6 Å². The van der Waals surface area contributed by atoms with Gasteiger partial charge in [0.2, 0.25) is 0 Å². The molecule has 2 N–H and O–H groups in total. The van der Waals surface area contributed by atoms with E-state index in [2.05, 4.69) is 27.9 Å². The van der Waals surface area contributed by atoms with E-state index in [1.165, 1.54) is 0 Å². The molecule has 0 saturated heterocycles. The zero-order valence-corrected chi connectivity index (χ0v) is 14.6. The Labute approximate surface area is 128 Å². The fourth-order valence-corrected chi connectivity index (χ4v) is 1.91.